The van der Waals surface area contributed by atoms with Crippen LogP contribution in [0.1, 0.15) is 22.4 Å². The Morgan fingerprint density at radius 3 is 1.76 bits per heavy atom. The van der Waals surface area contributed by atoms with Crippen molar-refractivity contribution in [2.45, 2.75) is 5.54 Å². The molecule has 0 fully saturated rings. The monoisotopic (exact) mass is 479 g/mol. The molecule has 4 aromatic rings. The fraction of sp³-hybridized carbons (Fsp3) is 0.0800. The van der Waals surface area contributed by atoms with Crippen LogP contribution in [0.5, 0.6) is 0 Å². The molecule has 8 heteroatoms. The first kappa shape index (κ1) is 24.0. The second-order valence-electron chi connectivity index (χ2n) is 6.94. The van der Waals surface area contributed by atoms with Gasteiger partial charge in [0.25, 0.3) is 0 Å². The maximum atomic E-state index is 11.6. The fourth-order valence-corrected chi connectivity index (χ4v) is 4.42. The first-order valence-electron chi connectivity index (χ1n) is 9.90. The molecule has 33 heavy (non-hydrogen) atoms. The number of benzene rings is 3. The number of oxime groups is 1. The van der Waals surface area contributed by atoms with Crippen molar-refractivity contribution in [1.82, 2.24) is 4.98 Å². The molecule has 0 radical (unpaired) electrons. The van der Waals surface area contributed by atoms with E-state index < -0.39 is 11.5 Å². The highest BCUT2D eigenvalue weighted by Crippen LogP contribution is 2.40. The Morgan fingerprint density at radius 1 is 0.909 bits per heavy atom. The van der Waals surface area contributed by atoms with Crippen LogP contribution in [0.25, 0.3) is 0 Å². The normalized spacial score (nSPS) is 11.4. The fourth-order valence-electron chi connectivity index (χ4n) is 3.67. The van der Waals surface area contributed by atoms with Gasteiger partial charge < -0.3 is 15.3 Å². The Kier molecular flexibility index (Phi) is 7.82. The van der Waals surface area contributed by atoms with Crippen LogP contribution < -0.4 is 5.32 Å². The summed E-state index contributed by atoms with van der Waals surface area (Å²) in [5.74, 6) is -1.20. The van der Waals surface area contributed by atoms with E-state index in [0.29, 0.717) is 5.13 Å². The molecule has 0 amide bonds. The van der Waals surface area contributed by atoms with Crippen LogP contribution in [0.2, 0.25) is 0 Å². The number of carbonyl (C=O) groups is 1. The summed E-state index contributed by atoms with van der Waals surface area (Å²) in [7, 11) is 1.31. The lowest BCUT2D eigenvalue weighted by Crippen LogP contribution is -2.38. The number of carboxylic acids is 1. The standard InChI is InChI=1S/C25H21N3O3S.ClH/c1-31-28-22(23(29)30)21-17-32-24(26-21)27-25(18-11-5-2-6-12-18,19-13-7-3-8-14-19)20-15-9-4-10-16-20;/h2-17H,1H3,(H,26,27)(H,29,30);1H. The Morgan fingerprint density at radius 2 is 1.36 bits per heavy atom. The van der Waals surface area contributed by atoms with Crippen LogP contribution in [-0.2, 0) is 15.2 Å². The summed E-state index contributed by atoms with van der Waals surface area (Å²) in [6.45, 7) is 0. The van der Waals surface area contributed by atoms with Gasteiger partial charge >= 0.3 is 5.97 Å². The van der Waals surface area contributed by atoms with Gasteiger partial charge in [0.1, 0.15) is 18.3 Å². The average molecular weight is 480 g/mol. The number of hydrogen-bond donors (Lipinski definition) is 2. The lowest BCUT2D eigenvalue weighted by Gasteiger charge is -2.36. The second-order valence-corrected chi connectivity index (χ2v) is 7.80. The molecule has 0 aliphatic heterocycles. The molecule has 2 N–H and O–H groups in total. The van der Waals surface area contributed by atoms with Crippen molar-refractivity contribution in [2.24, 2.45) is 5.16 Å². The van der Waals surface area contributed by atoms with Gasteiger partial charge in [-0.25, -0.2) is 9.78 Å². The van der Waals surface area contributed by atoms with Gasteiger partial charge in [0, 0.05) is 5.38 Å². The summed E-state index contributed by atoms with van der Waals surface area (Å²) in [6.07, 6.45) is 0. The Bertz CT molecular complexity index is 1120. The van der Waals surface area contributed by atoms with E-state index in [0.717, 1.165) is 16.7 Å². The van der Waals surface area contributed by atoms with E-state index in [2.05, 4.69) is 56.7 Å². The van der Waals surface area contributed by atoms with Crippen molar-refractivity contribution < 1.29 is 14.7 Å². The molecular formula is C25H22ClN3O3S. The van der Waals surface area contributed by atoms with Gasteiger partial charge in [0.05, 0.1) is 0 Å². The van der Waals surface area contributed by atoms with Gasteiger partial charge in [-0.1, -0.05) is 96.2 Å². The largest absolute Gasteiger partial charge is 0.476 e. The van der Waals surface area contributed by atoms with Crippen LogP contribution in [-0.4, -0.2) is 28.9 Å². The minimum atomic E-state index is -1.20. The molecule has 1 aromatic heterocycles. The third-order valence-corrected chi connectivity index (χ3v) is 5.80. The summed E-state index contributed by atoms with van der Waals surface area (Å²) in [6, 6.07) is 30.3. The predicted octanol–water partition coefficient (Wildman–Crippen LogP) is 5.40. The van der Waals surface area contributed by atoms with Crippen LogP contribution >= 0.6 is 23.7 Å². The minimum absolute atomic E-state index is 0. The van der Waals surface area contributed by atoms with Gasteiger partial charge in [-0.3, -0.25) is 0 Å². The van der Waals surface area contributed by atoms with Crippen molar-refractivity contribution in [3.8, 4) is 0 Å². The number of carboxylic acid groups (broad SMARTS) is 1. The maximum Gasteiger partial charge on any atom is 0.360 e. The molecule has 0 spiro atoms. The number of thiazole rings is 1. The third-order valence-electron chi connectivity index (χ3n) is 5.05. The second kappa shape index (κ2) is 10.8. The summed E-state index contributed by atoms with van der Waals surface area (Å²) in [5, 5.41) is 18.9. The van der Waals surface area contributed by atoms with Crippen LogP contribution in [0.4, 0.5) is 5.13 Å². The number of nitrogens with one attached hydrogen (secondary N) is 1. The molecule has 6 nitrogen and oxygen atoms in total. The van der Waals surface area contributed by atoms with Gasteiger partial charge in [0.2, 0.25) is 5.71 Å². The van der Waals surface area contributed by atoms with E-state index in [9.17, 15) is 9.90 Å². The number of aliphatic carboxylic acids is 1. The zero-order valence-corrected chi connectivity index (χ0v) is 19.3. The number of hydrogen-bond acceptors (Lipinski definition) is 6. The van der Waals surface area contributed by atoms with Crippen LogP contribution in [0, 0.1) is 0 Å². The summed E-state index contributed by atoms with van der Waals surface area (Å²) < 4.78 is 0. The zero-order chi connectivity index (χ0) is 22.4. The first-order valence-corrected chi connectivity index (χ1v) is 10.8. The van der Waals surface area contributed by atoms with Gasteiger partial charge in [0.15, 0.2) is 5.13 Å². The third kappa shape index (κ3) is 4.89. The number of rotatable bonds is 8. The number of aromatic nitrogens is 1. The number of halogens is 1. The summed E-state index contributed by atoms with van der Waals surface area (Å²) >= 11 is 1.31. The van der Waals surface area contributed by atoms with Crippen molar-refractivity contribution in [3.63, 3.8) is 0 Å². The quantitative estimate of drug-likeness (QED) is 0.201. The first-order chi connectivity index (χ1) is 15.6. The Labute approximate surface area is 202 Å². The van der Waals surface area contributed by atoms with E-state index in [1.165, 1.54) is 18.4 Å². The van der Waals surface area contributed by atoms with E-state index >= 15 is 0 Å². The number of nitrogens with zero attached hydrogens (tertiary/aromatic N) is 2. The van der Waals surface area contributed by atoms with Crippen molar-refractivity contribution in [3.05, 3.63) is 119 Å². The highest BCUT2D eigenvalue weighted by atomic mass is 35.5. The van der Waals surface area contributed by atoms with Crippen LogP contribution in [0.3, 0.4) is 0 Å². The van der Waals surface area contributed by atoms with Crippen molar-refractivity contribution >= 4 is 40.6 Å². The maximum absolute atomic E-state index is 11.6. The molecule has 1 heterocycles. The molecule has 0 saturated heterocycles. The minimum Gasteiger partial charge on any atom is -0.476 e. The lowest BCUT2D eigenvalue weighted by atomic mass is 9.77. The summed E-state index contributed by atoms with van der Waals surface area (Å²) in [4.78, 5) is 20.8. The molecule has 168 valence electrons. The molecule has 0 aliphatic carbocycles. The summed E-state index contributed by atoms with van der Waals surface area (Å²) in [5.41, 5.74) is 2.31. The molecule has 3 aromatic carbocycles. The molecule has 0 aliphatic rings. The van der Waals surface area contributed by atoms with E-state index in [1.54, 1.807) is 5.38 Å². The average Bonchev–Trinajstić information content (AvgIpc) is 3.30. The van der Waals surface area contributed by atoms with Gasteiger partial charge in [-0.05, 0) is 16.7 Å². The highest BCUT2D eigenvalue weighted by Gasteiger charge is 2.37. The predicted molar refractivity (Wildman–Crippen MR) is 133 cm³/mol. The van der Waals surface area contributed by atoms with E-state index in [-0.39, 0.29) is 23.8 Å². The Hall–Kier alpha value is -3.68. The van der Waals surface area contributed by atoms with Gasteiger partial charge in [-0.15, -0.1) is 23.7 Å². The zero-order valence-electron chi connectivity index (χ0n) is 17.7. The smallest absolute Gasteiger partial charge is 0.360 e. The molecule has 4 rings (SSSR count). The highest BCUT2D eigenvalue weighted by molar-refractivity contribution is 7.14. The Balaban J connectivity index is 0.00000306. The lowest BCUT2D eigenvalue weighted by molar-refractivity contribution is -0.129. The molecule has 0 saturated carbocycles. The topological polar surface area (TPSA) is 83.8 Å². The van der Waals surface area contributed by atoms with Crippen molar-refractivity contribution in [2.75, 3.05) is 12.4 Å². The van der Waals surface area contributed by atoms with Crippen LogP contribution in [0.15, 0.2) is 102 Å². The molecular weight excluding hydrogens is 458 g/mol. The van der Waals surface area contributed by atoms with E-state index in [4.69, 9.17) is 0 Å². The van der Waals surface area contributed by atoms with E-state index in [1.807, 2.05) is 54.6 Å². The molecule has 0 bridgehead atoms. The molecule has 0 atom stereocenters. The van der Waals surface area contributed by atoms with Gasteiger partial charge in [-0.2, -0.15) is 0 Å². The molecule has 0 unspecified atom stereocenters. The number of anilines is 1. The van der Waals surface area contributed by atoms with Crippen molar-refractivity contribution in [1.29, 1.82) is 0 Å². The SMILES string of the molecule is CON=C(C(=O)O)c1csc(NC(c2ccccc2)(c2ccccc2)c2ccccc2)n1.Cl.